The first-order valence-electron chi connectivity index (χ1n) is 9.11. The highest BCUT2D eigenvalue weighted by Gasteiger charge is 2.50. The van der Waals surface area contributed by atoms with Gasteiger partial charge in [-0.15, -0.1) is 5.10 Å². The number of benzene rings is 1. The lowest BCUT2D eigenvalue weighted by atomic mass is 9.65. The number of carbonyl (C=O) groups is 1. The zero-order valence-electron chi connectivity index (χ0n) is 15.6. The lowest BCUT2D eigenvalue weighted by Crippen LogP contribution is -2.38. The molecule has 1 aromatic carbocycles. The van der Waals surface area contributed by atoms with E-state index in [-0.39, 0.29) is 11.3 Å². The second-order valence-electron chi connectivity index (χ2n) is 8.73. The number of nitrogens with zero attached hydrogens (tertiary/aromatic N) is 5. The van der Waals surface area contributed by atoms with Crippen LogP contribution in [0.25, 0.3) is 5.69 Å². The summed E-state index contributed by atoms with van der Waals surface area (Å²) in [7, 11) is 0. The molecule has 1 amide bonds. The normalized spacial score (nSPS) is 26.9. The Kier molecular flexibility index (Phi) is 4.29. The van der Waals surface area contributed by atoms with E-state index in [9.17, 15) is 4.79 Å². The lowest BCUT2D eigenvalue weighted by Gasteiger charge is -2.39. The van der Waals surface area contributed by atoms with Crippen molar-refractivity contribution in [3.63, 3.8) is 0 Å². The minimum Gasteiger partial charge on any atom is -0.338 e. The summed E-state index contributed by atoms with van der Waals surface area (Å²) in [5.74, 6) is 0.573. The molecule has 0 N–H and O–H groups in total. The van der Waals surface area contributed by atoms with Crippen LogP contribution in [0, 0.1) is 10.8 Å². The predicted molar refractivity (Wildman–Crippen MR) is 101 cm³/mol. The van der Waals surface area contributed by atoms with Crippen LogP contribution in [0.15, 0.2) is 35.5 Å². The maximum Gasteiger partial charge on any atom is 0.233 e. The number of hydrogen-bond acceptors (Lipinski definition) is 5. The van der Waals surface area contributed by atoms with Crippen LogP contribution in [-0.4, -0.2) is 49.4 Å². The number of aromatic nitrogens is 4. The van der Waals surface area contributed by atoms with Crippen LogP contribution in [-0.2, 0) is 4.79 Å². The zero-order valence-corrected chi connectivity index (χ0v) is 16.4. The molecule has 2 aromatic rings. The third kappa shape index (κ3) is 3.37. The molecule has 6 nitrogen and oxygen atoms in total. The Morgan fingerprint density at radius 3 is 2.77 bits per heavy atom. The fourth-order valence-corrected chi connectivity index (χ4v) is 5.74. The molecule has 7 heteroatoms. The van der Waals surface area contributed by atoms with Crippen LogP contribution in [0.2, 0.25) is 0 Å². The van der Waals surface area contributed by atoms with Gasteiger partial charge >= 0.3 is 0 Å². The van der Waals surface area contributed by atoms with Gasteiger partial charge in [0.2, 0.25) is 11.1 Å². The topological polar surface area (TPSA) is 63.9 Å². The van der Waals surface area contributed by atoms with Crippen LogP contribution in [0.4, 0.5) is 0 Å². The maximum atomic E-state index is 12.9. The number of amides is 1. The molecule has 0 spiro atoms. The van der Waals surface area contributed by atoms with Gasteiger partial charge < -0.3 is 4.90 Å². The Bertz CT molecular complexity index is 805. The summed E-state index contributed by atoms with van der Waals surface area (Å²) in [5.41, 5.74) is 1.48. The molecule has 2 atom stereocenters. The third-order valence-electron chi connectivity index (χ3n) is 5.50. The van der Waals surface area contributed by atoms with Gasteiger partial charge in [-0.2, -0.15) is 4.68 Å². The highest BCUT2D eigenvalue weighted by molar-refractivity contribution is 7.99. The average Bonchev–Trinajstić information content (AvgIpc) is 3.14. The van der Waals surface area contributed by atoms with Crippen LogP contribution in [0.3, 0.4) is 0 Å². The van der Waals surface area contributed by atoms with Crippen molar-refractivity contribution >= 4 is 17.7 Å². The monoisotopic (exact) mass is 371 g/mol. The molecule has 0 unspecified atom stereocenters. The average molecular weight is 372 g/mol. The molecule has 2 heterocycles. The molecule has 1 saturated carbocycles. The second-order valence-corrected chi connectivity index (χ2v) is 9.68. The maximum absolute atomic E-state index is 12.9. The molecule has 2 fully saturated rings. The van der Waals surface area contributed by atoms with E-state index in [0.717, 1.165) is 25.1 Å². The molecule has 1 aliphatic heterocycles. The summed E-state index contributed by atoms with van der Waals surface area (Å²) in [6, 6.07) is 10.1. The Labute approximate surface area is 158 Å². The molecular formula is C19H25N5OS. The van der Waals surface area contributed by atoms with Crippen LogP contribution in [0.1, 0.15) is 40.0 Å². The molecular weight excluding hydrogens is 346 g/mol. The first kappa shape index (κ1) is 17.5. The van der Waals surface area contributed by atoms with E-state index in [1.807, 2.05) is 30.3 Å². The SMILES string of the molecule is CC1(C)C[C@H]2C[C@@](C)(CN2C(=O)CSc2nnnn2-c2ccccc2)C1. The van der Waals surface area contributed by atoms with Crippen LogP contribution >= 0.6 is 11.8 Å². The van der Waals surface area contributed by atoms with Crippen molar-refractivity contribution in [3.8, 4) is 5.69 Å². The van der Waals surface area contributed by atoms with Gasteiger partial charge in [0.25, 0.3) is 0 Å². The minimum atomic E-state index is 0.198. The van der Waals surface area contributed by atoms with Gasteiger partial charge in [0.15, 0.2) is 0 Å². The summed E-state index contributed by atoms with van der Waals surface area (Å²) in [6.45, 7) is 7.86. The van der Waals surface area contributed by atoms with Crippen LogP contribution < -0.4 is 0 Å². The molecule has 1 saturated heterocycles. The van der Waals surface area contributed by atoms with Gasteiger partial charge in [-0.05, 0) is 52.7 Å². The number of carbonyl (C=O) groups excluding carboxylic acids is 1. The number of hydrogen-bond donors (Lipinski definition) is 0. The number of thioether (sulfide) groups is 1. The third-order valence-corrected chi connectivity index (χ3v) is 6.41. The predicted octanol–water partition coefficient (Wildman–Crippen LogP) is 3.18. The summed E-state index contributed by atoms with van der Waals surface area (Å²) >= 11 is 1.41. The highest BCUT2D eigenvalue weighted by Crippen LogP contribution is 2.52. The molecule has 0 radical (unpaired) electrons. The fraction of sp³-hybridized carbons (Fsp3) is 0.579. The number of fused-ring (bicyclic) bond motifs is 2. The van der Waals surface area contributed by atoms with Gasteiger partial charge in [0.05, 0.1) is 11.4 Å². The van der Waals surface area contributed by atoms with E-state index in [4.69, 9.17) is 0 Å². The zero-order chi connectivity index (χ0) is 18.4. The smallest absolute Gasteiger partial charge is 0.233 e. The summed E-state index contributed by atoms with van der Waals surface area (Å²) < 4.78 is 1.69. The van der Waals surface area contributed by atoms with Crippen LogP contribution in [0.5, 0.6) is 0 Å². The van der Waals surface area contributed by atoms with E-state index < -0.39 is 0 Å². The molecule has 4 rings (SSSR count). The quantitative estimate of drug-likeness (QED) is 0.773. The van der Waals surface area contributed by atoms with E-state index in [1.54, 1.807) is 4.68 Å². The van der Waals surface area contributed by atoms with Crippen molar-refractivity contribution in [1.29, 1.82) is 0 Å². The van der Waals surface area contributed by atoms with Gasteiger partial charge in [-0.1, -0.05) is 50.7 Å². The van der Waals surface area contributed by atoms with Crippen molar-refractivity contribution in [2.75, 3.05) is 12.3 Å². The van der Waals surface area contributed by atoms with Crippen molar-refractivity contribution in [2.45, 2.75) is 51.2 Å². The summed E-state index contributed by atoms with van der Waals surface area (Å²) in [4.78, 5) is 15.0. The molecule has 26 heavy (non-hydrogen) atoms. The largest absolute Gasteiger partial charge is 0.338 e. The highest BCUT2D eigenvalue weighted by atomic mass is 32.2. The molecule has 2 aliphatic rings. The van der Waals surface area contributed by atoms with E-state index in [0.29, 0.717) is 22.4 Å². The van der Waals surface area contributed by atoms with E-state index in [2.05, 4.69) is 41.2 Å². The van der Waals surface area contributed by atoms with Crippen molar-refractivity contribution in [1.82, 2.24) is 25.1 Å². The Morgan fingerprint density at radius 1 is 1.23 bits per heavy atom. The second kappa shape index (κ2) is 6.37. The van der Waals surface area contributed by atoms with Crippen molar-refractivity contribution < 1.29 is 4.79 Å². The van der Waals surface area contributed by atoms with Gasteiger partial charge in [0.1, 0.15) is 0 Å². The number of rotatable bonds is 4. The first-order valence-corrected chi connectivity index (χ1v) is 10.1. The Balaban J connectivity index is 1.44. The standard InChI is InChI=1S/C19H25N5OS/c1-18(2)9-15-10-19(3,12-18)13-23(15)16(25)11-26-17-20-21-22-24(17)14-7-5-4-6-8-14/h4-8,15H,9-13H2,1-3H3/t15-,19+/m0/s1. The first-order chi connectivity index (χ1) is 12.4. The molecule has 138 valence electrons. The summed E-state index contributed by atoms with van der Waals surface area (Å²) in [6.07, 6.45) is 3.43. The van der Waals surface area contributed by atoms with E-state index in [1.165, 1.54) is 18.2 Å². The summed E-state index contributed by atoms with van der Waals surface area (Å²) in [5, 5.41) is 12.6. The molecule has 1 aliphatic carbocycles. The lowest BCUT2D eigenvalue weighted by molar-refractivity contribution is -0.129. The molecule has 2 bridgehead atoms. The Hall–Kier alpha value is -1.89. The van der Waals surface area contributed by atoms with Crippen molar-refractivity contribution in [3.05, 3.63) is 30.3 Å². The number of tetrazole rings is 1. The van der Waals surface area contributed by atoms with E-state index >= 15 is 0 Å². The minimum absolute atomic E-state index is 0.198. The van der Waals surface area contributed by atoms with Gasteiger partial charge in [-0.3, -0.25) is 4.79 Å². The van der Waals surface area contributed by atoms with Gasteiger partial charge in [0, 0.05) is 12.6 Å². The fourth-order valence-electron chi connectivity index (χ4n) is 4.96. The molecule has 1 aromatic heterocycles. The van der Waals surface area contributed by atoms with Gasteiger partial charge in [-0.25, -0.2) is 0 Å². The number of para-hydroxylation sites is 1. The Morgan fingerprint density at radius 2 is 2.00 bits per heavy atom. The number of likely N-dealkylation sites (tertiary alicyclic amines) is 1. The van der Waals surface area contributed by atoms with Crippen molar-refractivity contribution in [2.24, 2.45) is 10.8 Å².